The van der Waals surface area contributed by atoms with Gasteiger partial charge in [-0.1, -0.05) is 60.7 Å². The molecule has 0 unspecified atom stereocenters. The van der Waals surface area contributed by atoms with Crippen LogP contribution >= 0.6 is 0 Å². The van der Waals surface area contributed by atoms with E-state index >= 15 is 0 Å². The zero-order valence-electron chi connectivity index (χ0n) is 18.1. The standard InChI is InChI=1S/2C10H15N3.H2O4S/c2*1-11-10(12-2)13-8-9-6-4-3-5-7-9;1-5(2,3)4/h2*3-7H,8H2,1-2H3,(H2,11,12,13);(H2,1,2,3,4)/p-2. The van der Waals surface area contributed by atoms with E-state index in [1.807, 2.05) is 50.5 Å². The molecule has 0 fully saturated rings. The van der Waals surface area contributed by atoms with Crippen molar-refractivity contribution in [3.63, 3.8) is 0 Å². The van der Waals surface area contributed by atoms with Crippen LogP contribution in [0.4, 0.5) is 0 Å². The summed E-state index contributed by atoms with van der Waals surface area (Å²) in [5, 5.41) is 12.3. The van der Waals surface area contributed by atoms with Crippen molar-refractivity contribution in [3.05, 3.63) is 71.8 Å². The largest absolute Gasteiger partial charge is 0.759 e. The lowest BCUT2D eigenvalue weighted by atomic mass is 10.2. The molecule has 0 atom stereocenters. The Bertz CT molecular complexity index is 808. The van der Waals surface area contributed by atoms with Crippen molar-refractivity contribution < 1.29 is 17.5 Å². The van der Waals surface area contributed by atoms with Gasteiger partial charge in [0.2, 0.25) is 0 Å². The Labute approximate surface area is 184 Å². The van der Waals surface area contributed by atoms with Gasteiger partial charge in [0.1, 0.15) is 0 Å². The molecular weight excluding hydrogens is 420 g/mol. The van der Waals surface area contributed by atoms with Crippen LogP contribution < -0.4 is 21.3 Å². The second kappa shape index (κ2) is 16.6. The van der Waals surface area contributed by atoms with Gasteiger partial charge in [-0.25, -0.2) is 0 Å². The summed E-state index contributed by atoms with van der Waals surface area (Å²) in [6, 6.07) is 20.4. The lowest BCUT2D eigenvalue weighted by Gasteiger charge is -2.07. The zero-order chi connectivity index (χ0) is 23.5. The van der Waals surface area contributed by atoms with Crippen LogP contribution in [0.5, 0.6) is 0 Å². The van der Waals surface area contributed by atoms with Crippen molar-refractivity contribution in [2.75, 3.05) is 28.2 Å². The van der Waals surface area contributed by atoms with Crippen molar-refractivity contribution in [1.29, 1.82) is 0 Å². The van der Waals surface area contributed by atoms with Gasteiger partial charge >= 0.3 is 0 Å². The van der Waals surface area contributed by atoms with E-state index in [1.165, 1.54) is 11.1 Å². The highest BCUT2D eigenvalue weighted by Gasteiger charge is 1.94. The second-order valence-corrected chi connectivity index (χ2v) is 6.55. The third kappa shape index (κ3) is 17.4. The Kier molecular flexibility index (Phi) is 14.9. The van der Waals surface area contributed by atoms with E-state index in [9.17, 15) is 0 Å². The highest BCUT2D eigenvalue weighted by atomic mass is 32.3. The Hall–Kier alpha value is -3.15. The summed E-state index contributed by atoms with van der Waals surface area (Å²) in [7, 11) is 2.04. The van der Waals surface area contributed by atoms with Crippen molar-refractivity contribution in [2.45, 2.75) is 13.1 Å². The monoisotopic (exact) mass is 450 g/mol. The minimum Gasteiger partial charge on any atom is -0.759 e. The summed E-state index contributed by atoms with van der Waals surface area (Å²) in [5.74, 6) is 1.62. The molecular formula is C20H30N6O4S-2. The van der Waals surface area contributed by atoms with Crippen LogP contribution in [0.15, 0.2) is 70.6 Å². The molecule has 31 heavy (non-hydrogen) atoms. The number of hydrogen-bond acceptors (Lipinski definition) is 6. The Morgan fingerprint density at radius 3 is 1.26 bits per heavy atom. The maximum Gasteiger partial charge on any atom is 0.190 e. The second-order valence-electron chi connectivity index (χ2n) is 5.73. The van der Waals surface area contributed by atoms with Crippen LogP contribution in [0.25, 0.3) is 0 Å². The van der Waals surface area contributed by atoms with Gasteiger partial charge in [-0.05, 0) is 11.1 Å². The number of rotatable bonds is 4. The van der Waals surface area contributed by atoms with Crippen LogP contribution in [-0.2, 0) is 23.5 Å². The van der Waals surface area contributed by atoms with Crippen molar-refractivity contribution in [1.82, 2.24) is 21.3 Å². The Morgan fingerprint density at radius 2 is 1.03 bits per heavy atom. The third-order valence-corrected chi connectivity index (χ3v) is 3.53. The van der Waals surface area contributed by atoms with Crippen LogP contribution in [0.3, 0.4) is 0 Å². The van der Waals surface area contributed by atoms with Crippen LogP contribution in [0, 0.1) is 0 Å². The number of benzene rings is 2. The summed E-state index contributed by atoms with van der Waals surface area (Å²) >= 11 is 0. The Morgan fingerprint density at radius 1 is 0.742 bits per heavy atom. The average Bonchev–Trinajstić information content (AvgIpc) is 2.76. The molecule has 11 heteroatoms. The minimum atomic E-state index is -5.17. The van der Waals surface area contributed by atoms with Gasteiger partial charge in [0.05, 0.1) is 0 Å². The van der Waals surface area contributed by atoms with E-state index < -0.39 is 10.4 Å². The van der Waals surface area contributed by atoms with Crippen LogP contribution in [-0.4, -0.2) is 57.6 Å². The maximum absolute atomic E-state index is 8.52. The van der Waals surface area contributed by atoms with Crippen LogP contribution in [0.1, 0.15) is 11.1 Å². The molecule has 0 spiro atoms. The van der Waals surface area contributed by atoms with Gasteiger partial charge in [0.15, 0.2) is 11.9 Å². The smallest absolute Gasteiger partial charge is 0.190 e. The van der Waals surface area contributed by atoms with E-state index in [0.29, 0.717) is 0 Å². The minimum absolute atomic E-state index is 0.800. The van der Waals surface area contributed by atoms with Crippen molar-refractivity contribution in [3.8, 4) is 0 Å². The lowest BCUT2D eigenvalue weighted by Crippen LogP contribution is -2.33. The molecule has 0 aromatic heterocycles. The molecule has 172 valence electrons. The van der Waals surface area contributed by atoms with Gasteiger partial charge in [-0.2, -0.15) is 0 Å². The third-order valence-electron chi connectivity index (χ3n) is 3.53. The summed E-state index contributed by atoms with van der Waals surface area (Å²) in [6.45, 7) is 1.60. The number of nitrogens with one attached hydrogen (secondary N) is 4. The van der Waals surface area contributed by atoms with Crippen molar-refractivity contribution >= 4 is 22.3 Å². The fraction of sp³-hybridized carbons (Fsp3) is 0.300. The number of aliphatic imine (C=N–C) groups is 2. The average molecular weight is 451 g/mol. The van der Waals surface area contributed by atoms with Gasteiger partial charge in [-0.3, -0.25) is 18.4 Å². The van der Waals surface area contributed by atoms with Gasteiger partial charge in [-0.15, -0.1) is 0 Å². The highest BCUT2D eigenvalue weighted by Crippen LogP contribution is 1.97. The molecule has 0 saturated heterocycles. The lowest BCUT2D eigenvalue weighted by molar-refractivity contribution is 0.352. The first-order valence-corrected chi connectivity index (χ1v) is 10.6. The first-order valence-electron chi connectivity index (χ1n) is 9.24. The zero-order valence-corrected chi connectivity index (χ0v) is 18.9. The van der Waals surface area contributed by atoms with E-state index in [-0.39, 0.29) is 0 Å². The van der Waals surface area contributed by atoms with E-state index in [4.69, 9.17) is 17.5 Å². The van der Waals surface area contributed by atoms with Gasteiger partial charge in [0.25, 0.3) is 0 Å². The molecule has 2 rings (SSSR count). The Balaban J connectivity index is 0.000000479. The first-order chi connectivity index (χ1) is 14.7. The van der Waals surface area contributed by atoms with Gasteiger partial charge in [0, 0.05) is 51.7 Å². The van der Waals surface area contributed by atoms with E-state index in [1.54, 1.807) is 14.1 Å². The molecule has 0 aliphatic rings. The predicted molar refractivity (Wildman–Crippen MR) is 122 cm³/mol. The normalized spacial score (nSPS) is 11.2. The molecule has 0 saturated carbocycles. The summed E-state index contributed by atoms with van der Waals surface area (Å²) in [5.41, 5.74) is 2.50. The number of hydrogen-bond donors (Lipinski definition) is 4. The molecule has 4 N–H and O–H groups in total. The molecule has 0 aliphatic heterocycles. The summed E-state index contributed by atoms with van der Waals surface area (Å²) < 4.78 is 34.1. The quantitative estimate of drug-likeness (QED) is 0.229. The predicted octanol–water partition coefficient (Wildman–Crippen LogP) is 0.625. The van der Waals surface area contributed by atoms with E-state index in [2.05, 4.69) is 55.5 Å². The number of guanidine groups is 2. The summed E-state index contributed by atoms with van der Waals surface area (Å²) in [6.07, 6.45) is 0. The number of nitrogens with zero attached hydrogens (tertiary/aromatic N) is 2. The first kappa shape index (κ1) is 27.8. The SMILES string of the molecule is CN=C(NC)NCc1ccccc1.CN=C(NC)NCc1ccccc1.O=S(=O)([O-])[O-]. The molecule has 0 amide bonds. The molecule has 0 bridgehead atoms. The fourth-order valence-corrected chi connectivity index (χ4v) is 2.12. The maximum atomic E-state index is 8.52. The molecule has 0 aliphatic carbocycles. The van der Waals surface area contributed by atoms with Crippen LogP contribution in [0.2, 0.25) is 0 Å². The molecule has 2 aromatic rings. The van der Waals surface area contributed by atoms with Gasteiger partial charge < -0.3 is 30.4 Å². The molecule has 0 radical (unpaired) electrons. The fourth-order valence-electron chi connectivity index (χ4n) is 2.12. The molecule has 2 aromatic carbocycles. The molecule has 0 heterocycles. The van der Waals surface area contributed by atoms with Crippen molar-refractivity contribution in [2.24, 2.45) is 9.98 Å². The summed E-state index contributed by atoms with van der Waals surface area (Å²) in [4.78, 5) is 8.03. The topological polar surface area (TPSA) is 153 Å². The molecule has 10 nitrogen and oxygen atoms in total. The van der Waals surface area contributed by atoms with E-state index in [0.717, 1.165) is 25.0 Å². The highest BCUT2D eigenvalue weighted by molar-refractivity contribution is 7.79.